The van der Waals surface area contributed by atoms with Crippen LogP contribution in [0.1, 0.15) is 35.6 Å². The molecular formula is C15H17BrFN3O. The van der Waals surface area contributed by atoms with Crippen molar-refractivity contribution in [3.8, 4) is 0 Å². The number of rotatable bonds is 5. The summed E-state index contributed by atoms with van der Waals surface area (Å²) in [7, 11) is 0. The van der Waals surface area contributed by atoms with Crippen molar-refractivity contribution in [3.05, 3.63) is 45.4 Å². The molecular weight excluding hydrogens is 337 g/mol. The van der Waals surface area contributed by atoms with Gasteiger partial charge in [0, 0.05) is 17.8 Å². The molecule has 0 saturated carbocycles. The minimum atomic E-state index is -0.468. The van der Waals surface area contributed by atoms with E-state index in [4.69, 9.17) is 5.73 Å². The maximum absolute atomic E-state index is 13.3. The molecule has 0 fully saturated rings. The summed E-state index contributed by atoms with van der Waals surface area (Å²) in [5.41, 5.74) is 7.97. The molecule has 1 aromatic carbocycles. The van der Waals surface area contributed by atoms with Crippen LogP contribution in [0, 0.1) is 5.82 Å². The van der Waals surface area contributed by atoms with E-state index in [1.807, 2.05) is 13.8 Å². The number of aromatic nitrogens is 2. The van der Waals surface area contributed by atoms with Crippen molar-refractivity contribution in [2.24, 2.45) is 0 Å². The van der Waals surface area contributed by atoms with Crippen molar-refractivity contribution in [2.45, 2.75) is 33.2 Å². The van der Waals surface area contributed by atoms with Crippen LogP contribution in [0.2, 0.25) is 0 Å². The van der Waals surface area contributed by atoms with Crippen molar-refractivity contribution in [2.75, 3.05) is 5.73 Å². The Bertz CT molecular complexity index is 682. The van der Waals surface area contributed by atoms with Crippen LogP contribution in [0.15, 0.2) is 22.7 Å². The molecule has 0 aliphatic carbocycles. The molecule has 1 heterocycles. The summed E-state index contributed by atoms with van der Waals surface area (Å²) >= 11 is 3.50. The van der Waals surface area contributed by atoms with Gasteiger partial charge in [-0.2, -0.15) is 5.10 Å². The molecule has 112 valence electrons. The Labute approximate surface area is 131 Å². The van der Waals surface area contributed by atoms with Gasteiger partial charge in [0.25, 0.3) is 0 Å². The number of anilines is 1. The van der Waals surface area contributed by atoms with Crippen LogP contribution < -0.4 is 5.73 Å². The number of benzene rings is 1. The van der Waals surface area contributed by atoms with Crippen molar-refractivity contribution in [1.29, 1.82) is 0 Å². The van der Waals surface area contributed by atoms with Gasteiger partial charge in [-0.1, -0.05) is 6.92 Å². The molecule has 4 nitrogen and oxygen atoms in total. The molecule has 2 N–H and O–H groups in total. The van der Waals surface area contributed by atoms with E-state index in [1.54, 1.807) is 4.68 Å². The number of ketones is 1. The quantitative estimate of drug-likeness (QED) is 0.662. The summed E-state index contributed by atoms with van der Waals surface area (Å²) in [5, 5.41) is 4.45. The molecule has 1 aromatic heterocycles. The lowest BCUT2D eigenvalue weighted by molar-refractivity contribution is 0.0990. The number of nitrogen functional groups attached to an aromatic ring is 1. The van der Waals surface area contributed by atoms with Crippen molar-refractivity contribution < 1.29 is 9.18 Å². The van der Waals surface area contributed by atoms with Gasteiger partial charge >= 0.3 is 0 Å². The summed E-state index contributed by atoms with van der Waals surface area (Å²) in [6, 6.07) is 3.83. The van der Waals surface area contributed by atoms with Gasteiger partial charge in [-0.15, -0.1) is 0 Å². The van der Waals surface area contributed by atoms with Crippen molar-refractivity contribution in [3.63, 3.8) is 0 Å². The normalized spacial score (nSPS) is 10.9. The molecule has 0 spiro atoms. The SMILES string of the molecule is CCc1nn(CC)c(CC(=O)c2cc(F)ccc2N)c1Br. The monoisotopic (exact) mass is 353 g/mol. The van der Waals surface area contributed by atoms with Gasteiger partial charge < -0.3 is 5.73 Å². The van der Waals surface area contributed by atoms with E-state index in [2.05, 4.69) is 21.0 Å². The number of carbonyl (C=O) groups excluding carboxylic acids is 1. The zero-order valence-electron chi connectivity index (χ0n) is 12.0. The second-order valence-corrected chi connectivity index (χ2v) is 5.50. The van der Waals surface area contributed by atoms with Crippen LogP contribution in [0.3, 0.4) is 0 Å². The van der Waals surface area contributed by atoms with E-state index in [0.29, 0.717) is 6.54 Å². The van der Waals surface area contributed by atoms with Gasteiger partial charge in [-0.3, -0.25) is 9.48 Å². The Morgan fingerprint density at radius 3 is 2.76 bits per heavy atom. The maximum atomic E-state index is 13.3. The van der Waals surface area contributed by atoms with Crippen molar-refractivity contribution in [1.82, 2.24) is 9.78 Å². The first-order chi connectivity index (χ1) is 9.97. The number of nitrogens with two attached hydrogens (primary N) is 1. The van der Waals surface area contributed by atoms with Gasteiger partial charge in [0.05, 0.1) is 22.3 Å². The van der Waals surface area contributed by atoms with E-state index >= 15 is 0 Å². The van der Waals surface area contributed by atoms with Crippen LogP contribution in [-0.4, -0.2) is 15.6 Å². The first-order valence-corrected chi connectivity index (χ1v) is 7.59. The third-order valence-corrected chi connectivity index (χ3v) is 4.25. The Morgan fingerprint density at radius 1 is 1.43 bits per heavy atom. The topological polar surface area (TPSA) is 60.9 Å². The van der Waals surface area contributed by atoms with Crippen LogP contribution in [0.4, 0.5) is 10.1 Å². The predicted molar refractivity (Wildman–Crippen MR) is 83.8 cm³/mol. The van der Waals surface area contributed by atoms with Crippen molar-refractivity contribution >= 4 is 27.4 Å². The lowest BCUT2D eigenvalue weighted by atomic mass is 10.0. The summed E-state index contributed by atoms with van der Waals surface area (Å²) in [5.74, 6) is -0.685. The molecule has 0 bridgehead atoms. The highest BCUT2D eigenvalue weighted by Crippen LogP contribution is 2.25. The van der Waals surface area contributed by atoms with Crippen LogP contribution in [-0.2, 0) is 19.4 Å². The minimum Gasteiger partial charge on any atom is -0.398 e. The molecule has 0 unspecified atom stereocenters. The highest BCUT2D eigenvalue weighted by Gasteiger charge is 2.19. The van der Waals surface area contributed by atoms with Gasteiger partial charge in [-0.05, 0) is 47.5 Å². The summed E-state index contributed by atoms with van der Waals surface area (Å²) < 4.78 is 15.9. The number of aryl methyl sites for hydroxylation is 2. The fourth-order valence-electron chi connectivity index (χ4n) is 2.20. The third kappa shape index (κ3) is 3.15. The maximum Gasteiger partial charge on any atom is 0.171 e. The summed E-state index contributed by atoms with van der Waals surface area (Å²) in [6.07, 6.45) is 0.909. The predicted octanol–water partition coefficient (Wildman–Crippen LogP) is 3.37. The first-order valence-electron chi connectivity index (χ1n) is 6.80. The second kappa shape index (κ2) is 6.39. The Hall–Kier alpha value is -1.69. The van der Waals surface area contributed by atoms with Crippen LogP contribution in [0.5, 0.6) is 0 Å². The largest absolute Gasteiger partial charge is 0.398 e. The lowest BCUT2D eigenvalue weighted by Gasteiger charge is -2.07. The van der Waals surface area contributed by atoms with Gasteiger partial charge in [0.1, 0.15) is 5.82 Å². The zero-order chi connectivity index (χ0) is 15.6. The third-order valence-electron chi connectivity index (χ3n) is 3.34. The summed E-state index contributed by atoms with van der Waals surface area (Å²) in [6.45, 7) is 4.63. The molecule has 0 saturated heterocycles. The Balaban J connectivity index is 2.35. The average Bonchev–Trinajstić information content (AvgIpc) is 2.77. The fraction of sp³-hybridized carbons (Fsp3) is 0.333. The lowest BCUT2D eigenvalue weighted by Crippen LogP contribution is -2.12. The Morgan fingerprint density at radius 2 is 2.14 bits per heavy atom. The van der Waals surface area contributed by atoms with E-state index in [-0.39, 0.29) is 23.5 Å². The number of carbonyl (C=O) groups is 1. The highest BCUT2D eigenvalue weighted by atomic mass is 79.9. The second-order valence-electron chi connectivity index (χ2n) is 4.71. The smallest absolute Gasteiger partial charge is 0.171 e. The highest BCUT2D eigenvalue weighted by molar-refractivity contribution is 9.10. The Kier molecular flexibility index (Phi) is 4.77. The molecule has 2 rings (SSSR count). The molecule has 0 amide bonds. The van der Waals surface area contributed by atoms with E-state index < -0.39 is 5.82 Å². The van der Waals surface area contributed by atoms with Gasteiger partial charge in [0.15, 0.2) is 5.78 Å². The standard InChI is InChI=1S/C15H17BrFN3O/c1-3-12-15(16)13(20(4-2)19-12)8-14(21)10-7-9(17)5-6-11(10)18/h5-7H,3-4,8,18H2,1-2H3. The number of Topliss-reactive ketones (excluding diaryl/α,β-unsaturated/α-hetero) is 1. The van der Waals surface area contributed by atoms with Gasteiger partial charge in [-0.25, -0.2) is 4.39 Å². The van der Waals surface area contributed by atoms with E-state index in [9.17, 15) is 9.18 Å². The zero-order valence-corrected chi connectivity index (χ0v) is 13.6. The number of nitrogens with zero attached hydrogens (tertiary/aromatic N) is 2. The number of hydrogen-bond donors (Lipinski definition) is 1. The van der Waals surface area contributed by atoms with Crippen LogP contribution in [0.25, 0.3) is 0 Å². The molecule has 0 atom stereocenters. The van der Waals surface area contributed by atoms with Gasteiger partial charge in [0.2, 0.25) is 0 Å². The van der Waals surface area contributed by atoms with E-state index in [1.165, 1.54) is 18.2 Å². The van der Waals surface area contributed by atoms with E-state index in [0.717, 1.165) is 22.3 Å². The molecule has 21 heavy (non-hydrogen) atoms. The molecule has 0 aliphatic heterocycles. The molecule has 6 heteroatoms. The summed E-state index contributed by atoms with van der Waals surface area (Å²) in [4.78, 5) is 12.4. The minimum absolute atomic E-state index is 0.134. The molecule has 2 aromatic rings. The number of hydrogen-bond acceptors (Lipinski definition) is 3. The fourth-order valence-corrected chi connectivity index (χ4v) is 2.91. The van der Waals surface area contributed by atoms with Crippen LogP contribution >= 0.6 is 15.9 Å². The number of halogens is 2. The first kappa shape index (κ1) is 15.7. The molecule has 0 aliphatic rings. The average molecular weight is 354 g/mol. The molecule has 0 radical (unpaired) electrons.